The number of rotatable bonds is 4. The monoisotopic (exact) mass is 363 g/mol. The number of hydrogen-bond acceptors (Lipinski definition) is 5. The Hall–Kier alpha value is -1.24. The average molecular weight is 364 g/mol. The van der Waals surface area contributed by atoms with E-state index in [2.05, 4.69) is 55.0 Å². The van der Waals surface area contributed by atoms with Crippen LogP contribution in [0.25, 0.3) is 11.0 Å². The van der Waals surface area contributed by atoms with Crippen LogP contribution in [0.1, 0.15) is 6.92 Å². The van der Waals surface area contributed by atoms with Gasteiger partial charge in [-0.2, -0.15) is 0 Å². The Morgan fingerprint density at radius 2 is 2.05 bits per heavy atom. The Morgan fingerprint density at radius 3 is 2.82 bits per heavy atom. The van der Waals surface area contributed by atoms with E-state index in [1.807, 2.05) is 24.5 Å². The van der Waals surface area contributed by atoms with Crippen molar-refractivity contribution < 1.29 is 0 Å². The van der Waals surface area contributed by atoms with Gasteiger partial charge in [-0.1, -0.05) is 0 Å². The van der Waals surface area contributed by atoms with Gasteiger partial charge in [0.15, 0.2) is 0 Å². The zero-order chi connectivity index (χ0) is 15.5. The molecular weight excluding hydrogens is 342 g/mol. The van der Waals surface area contributed by atoms with Crippen molar-refractivity contribution in [2.75, 3.05) is 45.1 Å². The molecular formula is C16H22BrN5. The van der Waals surface area contributed by atoms with Crippen molar-refractivity contribution in [1.29, 1.82) is 0 Å². The number of fused-ring (bicyclic) bond motifs is 1. The Kier molecular flexibility index (Phi) is 4.90. The molecule has 0 aromatic carbocycles. The van der Waals surface area contributed by atoms with Crippen LogP contribution in [0.4, 0.5) is 5.69 Å². The fourth-order valence-corrected chi connectivity index (χ4v) is 3.17. The number of piperazine rings is 1. The van der Waals surface area contributed by atoms with Gasteiger partial charge < -0.3 is 10.2 Å². The van der Waals surface area contributed by atoms with Gasteiger partial charge in [-0.25, -0.2) is 0 Å². The number of aromatic nitrogens is 2. The first kappa shape index (κ1) is 15.6. The van der Waals surface area contributed by atoms with Crippen LogP contribution in [0, 0.1) is 0 Å². The van der Waals surface area contributed by atoms with E-state index in [1.165, 1.54) is 0 Å². The van der Waals surface area contributed by atoms with Crippen LogP contribution in [0.3, 0.4) is 0 Å². The summed E-state index contributed by atoms with van der Waals surface area (Å²) >= 11 is 3.44. The molecule has 1 saturated heterocycles. The third kappa shape index (κ3) is 3.74. The Balaban J connectivity index is 1.67. The summed E-state index contributed by atoms with van der Waals surface area (Å²) in [5.41, 5.74) is 2.89. The SMILES string of the molecule is CC(CN1CCN(C)CC1)Nc1ccnc2cc(Br)cnc12. The quantitative estimate of drug-likeness (QED) is 0.903. The molecule has 0 bridgehead atoms. The van der Waals surface area contributed by atoms with Gasteiger partial charge in [0.1, 0.15) is 5.52 Å². The third-order valence-electron chi connectivity index (χ3n) is 4.07. The van der Waals surface area contributed by atoms with Crippen molar-refractivity contribution in [3.05, 3.63) is 29.0 Å². The van der Waals surface area contributed by atoms with Gasteiger partial charge in [0.05, 0.1) is 11.2 Å². The second-order valence-corrected chi connectivity index (χ2v) is 6.94. The normalized spacial score (nSPS) is 18.5. The molecule has 1 aliphatic heterocycles. The molecule has 1 N–H and O–H groups in total. The molecule has 1 unspecified atom stereocenters. The predicted octanol–water partition coefficient (Wildman–Crippen LogP) is 2.44. The number of anilines is 1. The van der Waals surface area contributed by atoms with Gasteiger partial charge in [-0.15, -0.1) is 0 Å². The largest absolute Gasteiger partial charge is 0.379 e. The van der Waals surface area contributed by atoms with E-state index in [4.69, 9.17) is 0 Å². The summed E-state index contributed by atoms with van der Waals surface area (Å²) in [5.74, 6) is 0. The highest BCUT2D eigenvalue weighted by Gasteiger charge is 2.16. The second-order valence-electron chi connectivity index (χ2n) is 6.03. The lowest BCUT2D eigenvalue weighted by atomic mass is 10.2. The molecule has 1 atom stereocenters. The van der Waals surface area contributed by atoms with Crippen LogP contribution in [0.15, 0.2) is 29.0 Å². The Bertz CT molecular complexity index is 639. The Morgan fingerprint density at radius 1 is 1.27 bits per heavy atom. The summed E-state index contributed by atoms with van der Waals surface area (Å²) in [6.07, 6.45) is 3.65. The molecule has 0 radical (unpaired) electrons. The standard InChI is InChI=1S/C16H22BrN5/c1-12(11-22-7-5-21(2)6-8-22)20-14-3-4-18-15-9-13(17)10-19-16(14)15/h3-4,9-10,12H,5-8,11H2,1-2H3,(H,18,20). The van der Waals surface area contributed by atoms with Crippen LogP contribution in [-0.4, -0.2) is 65.6 Å². The minimum absolute atomic E-state index is 0.374. The highest BCUT2D eigenvalue weighted by Crippen LogP contribution is 2.22. The minimum Gasteiger partial charge on any atom is -0.379 e. The highest BCUT2D eigenvalue weighted by molar-refractivity contribution is 9.10. The molecule has 6 heteroatoms. The highest BCUT2D eigenvalue weighted by atomic mass is 79.9. The summed E-state index contributed by atoms with van der Waals surface area (Å²) in [6.45, 7) is 7.87. The van der Waals surface area contributed by atoms with E-state index in [-0.39, 0.29) is 0 Å². The first-order chi connectivity index (χ1) is 10.6. The number of likely N-dealkylation sites (N-methyl/N-ethyl adjacent to an activating group) is 1. The molecule has 5 nitrogen and oxygen atoms in total. The van der Waals surface area contributed by atoms with Crippen LogP contribution >= 0.6 is 15.9 Å². The zero-order valence-electron chi connectivity index (χ0n) is 13.1. The van der Waals surface area contributed by atoms with Crippen LogP contribution < -0.4 is 5.32 Å². The summed E-state index contributed by atoms with van der Waals surface area (Å²) in [6, 6.07) is 4.38. The van der Waals surface area contributed by atoms with E-state index in [9.17, 15) is 0 Å². The van der Waals surface area contributed by atoms with E-state index in [0.717, 1.165) is 53.9 Å². The van der Waals surface area contributed by atoms with Crippen molar-refractivity contribution in [1.82, 2.24) is 19.8 Å². The molecule has 1 fully saturated rings. The molecule has 0 spiro atoms. The van der Waals surface area contributed by atoms with Crippen molar-refractivity contribution >= 4 is 32.7 Å². The summed E-state index contributed by atoms with van der Waals surface area (Å²) < 4.78 is 0.954. The first-order valence-corrected chi connectivity index (χ1v) is 8.49. The van der Waals surface area contributed by atoms with Gasteiger partial charge in [0.25, 0.3) is 0 Å². The lowest BCUT2D eigenvalue weighted by Gasteiger charge is -2.34. The van der Waals surface area contributed by atoms with Gasteiger partial charge in [-0.3, -0.25) is 14.9 Å². The van der Waals surface area contributed by atoms with Crippen molar-refractivity contribution in [2.24, 2.45) is 0 Å². The number of nitrogens with one attached hydrogen (secondary N) is 1. The minimum atomic E-state index is 0.374. The summed E-state index contributed by atoms with van der Waals surface area (Å²) in [4.78, 5) is 13.8. The fourth-order valence-electron chi connectivity index (χ4n) is 2.85. The molecule has 3 heterocycles. The van der Waals surface area contributed by atoms with Gasteiger partial charge >= 0.3 is 0 Å². The number of nitrogens with zero attached hydrogens (tertiary/aromatic N) is 4. The van der Waals surface area contributed by atoms with Crippen molar-refractivity contribution in [3.8, 4) is 0 Å². The van der Waals surface area contributed by atoms with E-state index >= 15 is 0 Å². The topological polar surface area (TPSA) is 44.3 Å². The third-order valence-corrected chi connectivity index (χ3v) is 4.51. The van der Waals surface area contributed by atoms with Crippen LogP contribution in [0.2, 0.25) is 0 Å². The van der Waals surface area contributed by atoms with Crippen LogP contribution in [-0.2, 0) is 0 Å². The van der Waals surface area contributed by atoms with E-state index < -0.39 is 0 Å². The molecule has 3 rings (SSSR count). The Labute approximate surface area is 139 Å². The maximum atomic E-state index is 4.50. The fraction of sp³-hybridized carbons (Fsp3) is 0.500. The molecule has 2 aromatic heterocycles. The van der Waals surface area contributed by atoms with Gasteiger partial charge in [0, 0.05) is 55.6 Å². The molecule has 0 saturated carbocycles. The van der Waals surface area contributed by atoms with Crippen molar-refractivity contribution in [3.63, 3.8) is 0 Å². The molecule has 1 aliphatic rings. The second kappa shape index (κ2) is 6.89. The van der Waals surface area contributed by atoms with E-state index in [1.54, 1.807) is 0 Å². The lowest BCUT2D eigenvalue weighted by molar-refractivity contribution is 0.151. The van der Waals surface area contributed by atoms with Crippen molar-refractivity contribution in [2.45, 2.75) is 13.0 Å². The average Bonchev–Trinajstić information content (AvgIpc) is 2.49. The summed E-state index contributed by atoms with van der Waals surface area (Å²) in [5, 5.41) is 3.59. The molecule has 22 heavy (non-hydrogen) atoms. The lowest BCUT2D eigenvalue weighted by Crippen LogP contribution is -2.47. The first-order valence-electron chi connectivity index (χ1n) is 7.69. The molecule has 2 aromatic rings. The summed E-state index contributed by atoms with van der Waals surface area (Å²) in [7, 11) is 2.19. The van der Waals surface area contributed by atoms with Gasteiger partial charge in [-0.05, 0) is 42.0 Å². The van der Waals surface area contributed by atoms with Gasteiger partial charge in [0.2, 0.25) is 0 Å². The zero-order valence-corrected chi connectivity index (χ0v) is 14.7. The smallest absolute Gasteiger partial charge is 0.112 e. The molecule has 0 amide bonds. The number of pyridine rings is 2. The predicted molar refractivity (Wildman–Crippen MR) is 94.3 cm³/mol. The maximum absolute atomic E-state index is 4.50. The number of halogens is 1. The maximum Gasteiger partial charge on any atom is 0.112 e. The van der Waals surface area contributed by atoms with Crippen LogP contribution in [0.5, 0.6) is 0 Å². The molecule has 118 valence electrons. The number of hydrogen-bond donors (Lipinski definition) is 1. The molecule has 0 aliphatic carbocycles. The van der Waals surface area contributed by atoms with E-state index in [0.29, 0.717) is 6.04 Å².